The van der Waals surface area contributed by atoms with Gasteiger partial charge in [0.05, 0.1) is 0 Å². The standard InChI is InChI=1S/C15H18N4/c1-15(2,3)14(17)19-13(16)12-11-7-5-4-6-10(11)8-9-18-12/h4-9H,1-3H3,(H3,16,17,19). The molecular weight excluding hydrogens is 236 g/mol. The van der Waals surface area contributed by atoms with Crippen LogP contribution in [0.5, 0.6) is 0 Å². The van der Waals surface area contributed by atoms with E-state index in [4.69, 9.17) is 11.1 Å². The molecule has 3 N–H and O–H groups in total. The molecule has 4 nitrogen and oxygen atoms in total. The van der Waals surface area contributed by atoms with Crippen LogP contribution in [0.15, 0.2) is 41.5 Å². The van der Waals surface area contributed by atoms with E-state index in [9.17, 15) is 0 Å². The van der Waals surface area contributed by atoms with Gasteiger partial charge >= 0.3 is 0 Å². The van der Waals surface area contributed by atoms with Crippen molar-refractivity contribution in [3.63, 3.8) is 0 Å². The van der Waals surface area contributed by atoms with E-state index < -0.39 is 0 Å². The first-order valence-corrected chi connectivity index (χ1v) is 6.17. The van der Waals surface area contributed by atoms with Crippen molar-refractivity contribution < 1.29 is 0 Å². The molecule has 0 aliphatic heterocycles. The van der Waals surface area contributed by atoms with Gasteiger partial charge in [-0.15, -0.1) is 0 Å². The predicted octanol–water partition coefficient (Wildman–Crippen LogP) is 2.96. The zero-order chi connectivity index (χ0) is 14.0. The molecule has 4 heteroatoms. The van der Waals surface area contributed by atoms with E-state index in [1.54, 1.807) is 6.20 Å². The Balaban J connectivity index is 2.49. The Kier molecular flexibility index (Phi) is 3.34. The number of aromatic nitrogens is 1. The van der Waals surface area contributed by atoms with E-state index in [0.29, 0.717) is 11.5 Å². The van der Waals surface area contributed by atoms with E-state index in [-0.39, 0.29) is 11.3 Å². The van der Waals surface area contributed by atoms with Crippen LogP contribution in [0.4, 0.5) is 0 Å². The van der Waals surface area contributed by atoms with Crippen LogP contribution in [-0.4, -0.2) is 16.7 Å². The first-order chi connectivity index (χ1) is 8.89. The van der Waals surface area contributed by atoms with Crippen LogP contribution in [0, 0.1) is 10.8 Å². The van der Waals surface area contributed by atoms with E-state index in [1.807, 2.05) is 51.1 Å². The number of pyridine rings is 1. The van der Waals surface area contributed by atoms with Gasteiger partial charge in [-0.25, -0.2) is 4.99 Å². The quantitative estimate of drug-likeness (QED) is 0.606. The minimum Gasteiger partial charge on any atom is -0.387 e. The van der Waals surface area contributed by atoms with Crippen LogP contribution in [0.3, 0.4) is 0 Å². The molecule has 2 rings (SSSR count). The fourth-order valence-electron chi connectivity index (χ4n) is 1.65. The second-order valence-corrected chi connectivity index (χ2v) is 5.48. The first kappa shape index (κ1) is 13.2. The van der Waals surface area contributed by atoms with Crippen LogP contribution in [0.1, 0.15) is 26.5 Å². The molecule has 0 saturated carbocycles. The van der Waals surface area contributed by atoms with Crippen molar-refractivity contribution in [2.75, 3.05) is 0 Å². The van der Waals surface area contributed by atoms with E-state index in [0.717, 1.165) is 10.8 Å². The summed E-state index contributed by atoms with van der Waals surface area (Å²) in [5, 5.41) is 10.1. The van der Waals surface area contributed by atoms with E-state index in [2.05, 4.69) is 9.98 Å². The molecule has 0 bridgehead atoms. The highest BCUT2D eigenvalue weighted by atomic mass is 14.9. The smallest absolute Gasteiger partial charge is 0.173 e. The molecule has 0 fully saturated rings. The molecule has 1 heterocycles. The average molecular weight is 254 g/mol. The Morgan fingerprint density at radius 1 is 1.21 bits per heavy atom. The predicted molar refractivity (Wildman–Crippen MR) is 79.6 cm³/mol. The summed E-state index contributed by atoms with van der Waals surface area (Å²) < 4.78 is 0. The lowest BCUT2D eigenvalue weighted by Crippen LogP contribution is -2.30. The zero-order valence-electron chi connectivity index (χ0n) is 11.4. The largest absolute Gasteiger partial charge is 0.387 e. The number of fused-ring (bicyclic) bond motifs is 1. The zero-order valence-corrected chi connectivity index (χ0v) is 11.4. The number of aliphatic imine (C=N–C) groups is 1. The number of hydrogen-bond donors (Lipinski definition) is 2. The SMILES string of the molecule is CC(C)(C)C(N)=NC(=N)c1nccc2ccccc12. The minimum absolute atomic E-state index is 0.101. The van der Waals surface area contributed by atoms with Gasteiger partial charge in [-0.3, -0.25) is 10.4 Å². The van der Waals surface area contributed by atoms with Gasteiger partial charge in [0.1, 0.15) is 11.5 Å². The Hall–Kier alpha value is -2.23. The molecule has 1 aromatic carbocycles. The molecule has 19 heavy (non-hydrogen) atoms. The summed E-state index contributed by atoms with van der Waals surface area (Å²) in [6.45, 7) is 5.90. The van der Waals surface area contributed by atoms with Crippen molar-refractivity contribution >= 4 is 22.4 Å². The highest BCUT2D eigenvalue weighted by molar-refractivity contribution is 6.11. The van der Waals surface area contributed by atoms with Crippen molar-refractivity contribution in [3.8, 4) is 0 Å². The number of benzene rings is 1. The summed E-state index contributed by atoms with van der Waals surface area (Å²) in [6.07, 6.45) is 1.69. The van der Waals surface area contributed by atoms with Crippen LogP contribution < -0.4 is 5.73 Å². The highest BCUT2D eigenvalue weighted by Crippen LogP contribution is 2.18. The fourth-order valence-corrected chi connectivity index (χ4v) is 1.65. The molecule has 0 atom stereocenters. The van der Waals surface area contributed by atoms with Gasteiger partial charge in [0.2, 0.25) is 0 Å². The normalized spacial score (nSPS) is 12.7. The molecule has 0 spiro atoms. The minimum atomic E-state index is -0.253. The third-order valence-electron chi connectivity index (χ3n) is 2.90. The number of hydrogen-bond acceptors (Lipinski definition) is 2. The van der Waals surface area contributed by atoms with E-state index in [1.165, 1.54) is 0 Å². The molecule has 1 aromatic heterocycles. The molecule has 2 aromatic rings. The molecule has 0 amide bonds. The average Bonchev–Trinajstić information content (AvgIpc) is 2.36. The molecule has 0 aliphatic carbocycles. The molecule has 0 radical (unpaired) electrons. The third-order valence-corrected chi connectivity index (χ3v) is 2.90. The van der Waals surface area contributed by atoms with Gasteiger partial charge in [0.25, 0.3) is 0 Å². The van der Waals surface area contributed by atoms with Crippen molar-refractivity contribution in [2.24, 2.45) is 16.1 Å². The summed E-state index contributed by atoms with van der Waals surface area (Å²) in [4.78, 5) is 8.44. The van der Waals surface area contributed by atoms with E-state index >= 15 is 0 Å². The monoisotopic (exact) mass is 254 g/mol. The summed E-state index contributed by atoms with van der Waals surface area (Å²) in [7, 11) is 0. The van der Waals surface area contributed by atoms with Gasteiger partial charge in [-0.05, 0) is 11.5 Å². The second kappa shape index (κ2) is 4.80. The lowest BCUT2D eigenvalue weighted by Gasteiger charge is -2.17. The lowest BCUT2D eigenvalue weighted by atomic mass is 9.95. The molecule has 0 saturated heterocycles. The van der Waals surface area contributed by atoms with Gasteiger partial charge < -0.3 is 5.73 Å². The Morgan fingerprint density at radius 2 is 1.89 bits per heavy atom. The second-order valence-electron chi connectivity index (χ2n) is 5.48. The van der Waals surface area contributed by atoms with Crippen LogP contribution in [-0.2, 0) is 0 Å². The van der Waals surface area contributed by atoms with Crippen LogP contribution in [0.2, 0.25) is 0 Å². The summed E-state index contributed by atoms with van der Waals surface area (Å²) in [5.74, 6) is 0.538. The first-order valence-electron chi connectivity index (χ1n) is 6.17. The highest BCUT2D eigenvalue weighted by Gasteiger charge is 2.17. The van der Waals surface area contributed by atoms with Gasteiger partial charge in [0.15, 0.2) is 5.84 Å². The van der Waals surface area contributed by atoms with Crippen LogP contribution >= 0.6 is 0 Å². The summed E-state index contributed by atoms with van der Waals surface area (Å²) >= 11 is 0. The maximum atomic E-state index is 8.09. The van der Waals surface area contributed by atoms with Gasteiger partial charge in [-0.2, -0.15) is 0 Å². The summed E-state index contributed by atoms with van der Waals surface area (Å²) in [6, 6.07) is 9.74. The van der Waals surface area contributed by atoms with Gasteiger partial charge in [-0.1, -0.05) is 45.0 Å². The maximum absolute atomic E-state index is 8.09. The Morgan fingerprint density at radius 3 is 2.58 bits per heavy atom. The maximum Gasteiger partial charge on any atom is 0.173 e. The van der Waals surface area contributed by atoms with Crippen molar-refractivity contribution in [2.45, 2.75) is 20.8 Å². The topological polar surface area (TPSA) is 75.1 Å². The Labute approximate surface area is 112 Å². The molecule has 0 aliphatic rings. The molecule has 98 valence electrons. The van der Waals surface area contributed by atoms with Gasteiger partial charge in [0, 0.05) is 17.0 Å². The third kappa shape index (κ3) is 2.78. The van der Waals surface area contributed by atoms with Crippen molar-refractivity contribution in [1.82, 2.24) is 4.98 Å². The molecular formula is C15H18N4. The number of amidine groups is 2. The number of nitrogens with zero attached hydrogens (tertiary/aromatic N) is 2. The number of nitrogens with two attached hydrogens (primary N) is 1. The summed E-state index contributed by atoms with van der Waals surface area (Å²) in [5.41, 5.74) is 6.22. The molecule has 0 unspecified atom stereocenters. The fraction of sp³-hybridized carbons (Fsp3) is 0.267. The number of rotatable bonds is 1. The number of nitrogens with one attached hydrogen (secondary N) is 1. The van der Waals surface area contributed by atoms with Crippen molar-refractivity contribution in [3.05, 3.63) is 42.2 Å². The van der Waals surface area contributed by atoms with Crippen molar-refractivity contribution in [1.29, 1.82) is 5.41 Å². The lowest BCUT2D eigenvalue weighted by molar-refractivity contribution is 0.585. The van der Waals surface area contributed by atoms with Crippen LogP contribution in [0.25, 0.3) is 10.8 Å². The Bertz CT molecular complexity index is 645.